The maximum absolute atomic E-state index is 14.6. The molecule has 1 aromatic heterocycles. The van der Waals surface area contributed by atoms with Crippen molar-refractivity contribution in [2.75, 3.05) is 11.5 Å². The Balaban J connectivity index is 2.30. The number of benzene rings is 1. The van der Waals surface area contributed by atoms with E-state index in [1.807, 2.05) is 34.6 Å². The standard InChI is InChI=1S/C21H27F2N3OS/c1-19(2,3)9-6-10-28-13-20(4,5)21(27,12-26-15-24-14-25-26)17-8-7-16(22)11-18(17)23/h7-8,11,14-15,27H,10,12-13H2,1-5H3. The van der Waals surface area contributed by atoms with Crippen LogP contribution in [0.2, 0.25) is 0 Å². The van der Waals surface area contributed by atoms with Crippen LogP contribution in [-0.4, -0.2) is 31.4 Å². The quantitative estimate of drug-likeness (QED) is 0.551. The van der Waals surface area contributed by atoms with E-state index in [-0.39, 0.29) is 17.5 Å². The number of hydrogen-bond donors (Lipinski definition) is 1. The van der Waals surface area contributed by atoms with Crippen LogP contribution in [0.15, 0.2) is 30.9 Å². The molecule has 1 heterocycles. The number of nitrogens with zero attached hydrogens (tertiary/aromatic N) is 3. The summed E-state index contributed by atoms with van der Waals surface area (Å²) in [6.07, 6.45) is 2.82. The highest BCUT2D eigenvalue weighted by molar-refractivity contribution is 7.99. The van der Waals surface area contributed by atoms with E-state index in [9.17, 15) is 13.9 Å². The van der Waals surface area contributed by atoms with Gasteiger partial charge in [0.05, 0.1) is 12.3 Å². The predicted molar refractivity (Wildman–Crippen MR) is 109 cm³/mol. The SMILES string of the molecule is CC(C)(C)C#CCSCC(C)(C)C(O)(Cn1cncn1)c1ccc(F)cc1F. The molecule has 0 aliphatic heterocycles. The summed E-state index contributed by atoms with van der Waals surface area (Å²) in [5.41, 5.74) is -2.41. The van der Waals surface area contributed by atoms with Crippen LogP contribution in [0.5, 0.6) is 0 Å². The van der Waals surface area contributed by atoms with Crippen molar-refractivity contribution in [1.29, 1.82) is 0 Å². The van der Waals surface area contributed by atoms with Gasteiger partial charge in [-0.25, -0.2) is 18.4 Å². The van der Waals surface area contributed by atoms with Gasteiger partial charge in [-0.15, -0.1) is 11.8 Å². The molecule has 152 valence electrons. The third-order valence-corrected chi connectivity index (χ3v) is 5.73. The Labute approximate surface area is 169 Å². The van der Waals surface area contributed by atoms with Crippen molar-refractivity contribution >= 4 is 11.8 Å². The first kappa shape index (κ1) is 22.4. The average Bonchev–Trinajstić information content (AvgIpc) is 3.05. The Morgan fingerprint density at radius 1 is 1.18 bits per heavy atom. The molecule has 0 spiro atoms. The van der Waals surface area contributed by atoms with Gasteiger partial charge in [0, 0.05) is 28.2 Å². The molecule has 1 N–H and O–H groups in total. The molecule has 1 aromatic carbocycles. The Hall–Kier alpha value is -1.91. The van der Waals surface area contributed by atoms with E-state index in [0.717, 1.165) is 12.1 Å². The van der Waals surface area contributed by atoms with E-state index in [1.165, 1.54) is 23.4 Å². The second kappa shape index (κ2) is 8.62. The van der Waals surface area contributed by atoms with Crippen molar-refractivity contribution in [3.05, 3.63) is 48.1 Å². The van der Waals surface area contributed by atoms with Gasteiger partial charge in [0.1, 0.15) is 29.9 Å². The van der Waals surface area contributed by atoms with E-state index in [1.54, 1.807) is 11.8 Å². The third kappa shape index (κ3) is 5.55. The van der Waals surface area contributed by atoms with Crippen molar-refractivity contribution < 1.29 is 13.9 Å². The predicted octanol–water partition coefficient (Wildman–Crippen LogP) is 4.25. The minimum Gasteiger partial charge on any atom is -0.383 e. The zero-order valence-corrected chi connectivity index (χ0v) is 17.8. The molecule has 2 aromatic rings. The van der Waals surface area contributed by atoms with Crippen LogP contribution in [0.3, 0.4) is 0 Å². The first-order chi connectivity index (χ1) is 12.9. The molecule has 0 saturated heterocycles. The first-order valence-electron chi connectivity index (χ1n) is 9.03. The fourth-order valence-electron chi connectivity index (χ4n) is 2.82. The van der Waals surface area contributed by atoms with Crippen molar-refractivity contribution in [1.82, 2.24) is 14.8 Å². The van der Waals surface area contributed by atoms with Gasteiger partial charge in [-0.2, -0.15) is 5.10 Å². The van der Waals surface area contributed by atoms with Crippen molar-refractivity contribution in [3.63, 3.8) is 0 Å². The maximum Gasteiger partial charge on any atom is 0.137 e. The summed E-state index contributed by atoms with van der Waals surface area (Å²) in [6.45, 7) is 9.85. The van der Waals surface area contributed by atoms with E-state index >= 15 is 0 Å². The van der Waals surface area contributed by atoms with E-state index in [0.29, 0.717) is 11.5 Å². The lowest BCUT2D eigenvalue weighted by Crippen LogP contribution is -2.47. The molecule has 0 amide bonds. The van der Waals surface area contributed by atoms with Crippen LogP contribution in [0.4, 0.5) is 8.78 Å². The number of aromatic nitrogens is 3. The monoisotopic (exact) mass is 407 g/mol. The van der Waals surface area contributed by atoms with Crippen LogP contribution in [0.1, 0.15) is 40.2 Å². The third-order valence-electron chi connectivity index (χ3n) is 4.45. The highest BCUT2D eigenvalue weighted by atomic mass is 32.2. The largest absolute Gasteiger partial charge is 0.383 e. The van der Waals surface area contributed by atoms with Gasteiger partial charge in [0.25, 0.3) is 0 Å². The van der Waals surface area contributed by atoms with Crippen LogP contribution >= 0.6 is 11.8 Å². The van der Waals surface area contributed by atoms with Gasteiger partial charge in [0.2, 0.25) is 0 Å². The first-order valence-corrected chi connectivity index (χ1v) is 10.2. The Morgan fingerprint density at radius 3 is 2.46 bits per heavy atom. The summed E-state index contributed by atoms with van der Waals surface area (Å²) < 4.78 is 29.5. The fraction of sp³-hybridized carbons (Fsp3) is 0.524. The van der Waals surface area contributed by atoms with Gasteiger partial charge in [0.15, 0.2) is 0 Å². The summed E-state index contributed by atoms with van der Waals surface area (Å²) in [5.74, 6) is 5.96. The fourth-order valence-corrected chi connectivity index (χ4v) is 3.84. The molecule has 0 fully saturated rings. The topological polar surface area (TPSA) is 50.9 Å². The van der Waals surface area contributed by atoms with Gasteiger partial charge in [-0.05, 0) is 26.8 Å². The molecular weight excluding hydrogens is 380 g/mol. The molecule has 0 aliphatic rings. The zero-order chi connectivity index (χ0) is 21.0. The van der Waals surface area contributed by atoms with Crippen LogP contribution in [0.25, 0.3) is 0 Å². The summed E-state index contributed by atoms with van der Waals surface area (Å²) >= 11 is 1.57. The molecular formula is C21H27F2N3OS. The number of hydrogen-bond acceptors (Lipinski definition) is 4. The van der Waals surface area contributed by atoms with Crippen LogP contribution < -0.4 is 0 Å². The molecule has 2 rings (SSSR count). The molecule has 4 nitrogen and oxygen atoms in total. The summed E-state index contributed by atoms with van der Waals surface area (Å²) in [4.78, 5) is 3.89. The molecule has 0 aliphatic carbocycles. The van der Waals surface area contributed by atoms with E-state index < -0.39 is 22.7 Å². The average molecular weight is 408 g/mol. The normalized spacial score (nSPS) is 14.3. The van der Waals surface area contributed by atoms with Crippen LogP contribution in [-0.2, 0) is 12.1 Å². The second-order valence-corrected chi connectivity index (χ2v) is 9.49. The molecule has 1 unspecified atom stereocenters. The molecule has 0 saturated carbocycles. The lowest BCUT2D eigenvalue weighted by Gasteiger charge is -2.43. The van der Waals surface area contributed by atoms with Crippen molar-refractivity contribution in [2.45, 2.75) is 46.8 Å². The number of thioether (sulfide) groups is 1. The van der Waals surface area contributed by atoms with Crippen molar-refractivity contribution in [3.8, 4) is 11.8 Å². The highest BCUT2D eigenvalue weighted by Gasteiger charge is 2.47. The molecule has 1 atom stereocenters. The number of halogens is 2. The van der Waals surface area contributed by atoms with Gasteiger partial charge < -0.3 is 5.11 Å². The van der Waals surface area contributed by atoms with Gasteiger partial charge in [-0.1, -0.05) is 31.8 Å². The van der Waals surface area contributed by atoms with Gasteiger partial charge >= 0.3 is 0 Å². The molecule has 28 heavy (non-hydrogen) atoms. The highest BCUT2D eigenvalue weighted by Crippen LogP contribution is 2.44. The lowest BCUT2D eigenvalue weighted by atomic mass is 9.71. The summed E-state index contributed by atoms with van der Waals surface area (Å²) in [5, 5.41) is 15.7. The Bertz CT molecular complexity index is 851. The Morgan fingerprint density at radius 2 is 1.89 bits per heavy atom. The van der Waals surface area contributed by atoms with Crippen molar-refractivity contribution in [2.24, 2.45) is 10.8 Å². The van der Waals surface area contributed by atoms with Crippen LogP contribution in [0, 0.1) is 34.3 Å². The minimum atomic E-state index is -1.62. The zero-order valence-electron chi connectivity index (χ0n) is 17.0. The number of aliphatic hydroxyl groups is 1. The van der Waals surface area contributed by atoms with E-state index in [4.69, 9.17) is 0 Å². The molecule has 0 radical (unpaired) electrons. The lowest BCUT2D eigenvalue weighted by molar-refractivity contribution is -0.0804. The minimum absolute atomic E-state index is 0.00319. The van der Waals surface area contributed by atoms with E-state index in [2.05, 4.69) is 21.9 Å². The second-order valence-electron chi connectivity index (χ2n) is 8.51. The Kier molecular flexibility index (Phi) is 6.89. The smallest absolute Gasteiger partial charge is 0.137 e. The van der Waals surface area contributed by atoms with Gasteiger partial charge in [-0.3, -0.25) is 0 Å². The summed E-state index contributed by atoms with van der Waals surface area (Å²) in [6, 6.07) is 3.25. The molecule has 7 heteroatoms. The number of rotatable bonds is 7. The summed E-state index contributed by atoms with van der Waals surface area (Å²) in [7, 11) is 0. The molecule has 0 bridgehead atoms. The maximum atomic E-state index is 14.6.